The zero-order valence-corrected chi connectivity index (χ0v) is 10.9. The van der Waals surface area contributed by atoms with Gasteiger partial charge in [-0.2, -0.15) is 5.26 Å². The summed E-state index contributed by atoms with van der Waals surface area (Å²) in [4.78, 5) is 2.23. The van der Waals surface area contributed by atoms with Crippen molar-refractivity contribution in [2.45, 2.75) is 39.2 Å². The number of rotatable bonds is 7. The van der Waals surface area contributed by atoms with Crippen molar-refractivity contribution in [2.75, 3.05) is 13.1 Å². The van der Waals surface area contributed by atoms with E-state index in [0.717, 1.165) is 19.4 Å². The number of nitriles is 1. The lowest BCUT2D eigenvalue weighted by Crippen LogP contribution is -2.32. The van der Waals surface area contributed by atoms with E-state index in [9.17, 15) is 0 Å². The molecule has 0 aliphatic heterocycles. The Morgan fingerprint density at radius 3 is 2.47 bits per heavy atom. The van der Waals surface area contributed by atoms with Crippen molar-refractivity contribution in [3.63, 3.8) is 0 Å². The molecule has 0 spiro atoms. The first-order valence-corrected chi connectivity index (χ1v) is 6.39. The van der Waals surface area contributed by atoms with Crippen LogP contribution in [-0.4, -0.2) is 24.0 Å². The van der Waals surface area contributed by atoms with E-state index in [0.29, 0.717) is 12.6 Å². The van der Waals surface area contributed by atoms with Crippen molar-refractivity contribution in [2.24, 2.45) is 0 Å². The molecular weight excluding hydrogens is 208 g/mol. The third kappa shape index (κ3) is 5.51. The monoisotopic (exact) mass is 230 g/mol. The van der Waals surface area contributed by atoms with Gasteiger partial charge in [0.2, 0.25) is 0 Å². The molecule has 0 amide bonds. The summed E-state index contributed by atoms with van der Waals surface area (Å²) in [6.07, 6.45) is 3.49. The largest absolute Gasteiger partial charge is 0.288 e. The fourth-order valence-electron chi connectivity index (χ4n) is 1.90. The van der Waals surface area contributed by atoms with Gasteiger partial charge in [0, 0.05) is 6.04 Å². The van der Waals surface area contributed by atoms with Gasteiger partial charge in [-0.3, -0.25) is 4.90 Å². The Morgan fingerprint density at radius 2 is 1.88 bits per heavy atom. The summed E-state index contributed by atoms with van der Waals surface area (Å²) in [5.41, 5.74) is 1.41. The molecule has 92 valence electrons. The molecule has 0 saturated heterocycles. The number of hydrogen-bond donors (Lipinski definition) is 0. The molecule has 0 aromatic heterocycles. The molecule has 17 heavy (non-hydrogen) atoms. The quantitative estimate of drug-likeness (QED) is 0.531. The molecule has 2 heteroatoms. The van der Waals surface area contributed by atoms with E-state index in [2.05, 4.69) is 55.1 Å². The lowest BCUT2D eigenvalue weighted by atomic mass is 10.1. The molecule has 1 rings (SSSR count). The second-order valence-electron chi connectivity index (χ2n) is 4.67. The maximum Gasteiger partial charge on any atom is 0.0868 e. The third-order valence-electron chi connectivity index (χ3n) is 3.01. The number of benzene rings is 1. The first-order chi connectivity index (χ1) is 8.24. The van der Waals surface area contributed by atoms with Gasteiger partial charge >= 0.3 is 0 Å². The molecule has 0 bridgehead atoms. The van der Waals surface area contributed by atoms with Crippen molar-refractivity contribution in [1.82, 2.24) is 4.90 Å². The Balaban J connectivity index is 2.21. The molecule has 0 radical (unpaired) electrons. The first kappa shape index (κ1) is 13.7. The number of aryl methyl sites for hydroxylation is 1. The van der Waals surface area contributed by atoms with E-state index in [1.54, 1.807) is 0 Å². The summed E-state index contributed by atoms with van der Waals surface area (Å²) in [5, 5.41) is 8.73. The Bertz CT molecular complexity index is 338. The van der Waals surface area contributed by atoms with Gasteiger partial charge in [0.1, 0.15) is 0 Å². The van der Waals surface area contributed by atoms with Gasteiger partial charge in [0.25, 0.3) is 0 Å². The second kappa shape index (κ2) is 7.86. The predicted octanol–water partition coefficient (Wildman–Crippen LogP) is 3.24. The summed E-state index contributed by atoms with van der Waals surface area (Å²) in [7, 11) is 0. The highest BCUT2D eigenvalue weighted by Gasteiger charge is 2.07. The molecule has 0 N–H and O–H groups in total. The van der Waals surface area contributed by atoms with Gasteiger partial charge in [-0.15, -0.1) is 0 Å². The maximum atomic E-state index is 8.73. The summed E-state index contributed by atoms with van der Waals surface area (Å²) >= 11 is 0. The van der Waals surface area contributed by atoms with Crippen molar-refractivity contribution >= 4 is 0 Å². The molecule has 1 aromatic rings. The lowest BCUT2D eigenvalue weighted by Gasteiger charge is -2.23. The summed E-state index contributed by atoms with van der Waals surface area (Å²) in [6.45, 7) is 5.87. The number of nitrogens with zero attached hydrogens (tertiary/aromatic N) is 2. The highest BCUT2D eigenvalue weighted by atomic mass is 15.1. The van der Waals surface area contributed by atoms with Gasteiger partial charge < -0.3 is 0 Å². The molecule has 2 nitrogen and oxygen atoms in total. The zero-order chi connectivity index (χ0) is 12.5. The van der Waals surface area contributed by atoms with Gasteiger partial charge in [-0.25, -0.2) is 0 Å². The average molecular weight is 230 g/mol. The van der Waals surface area contributed by atoms with Gasteiger partial charge in [-0.1, -0.05) is 30.3 Å². The Morgan fingerprint density at radius 1 is 1.18 bits per heavy atom. The van der Waals surface area contributed by atoms with Crippen LogP contribution in [0.3, 0.4) is 0 Å². The first-order valence-electron chi connectivity index (χ1n) is 6.39. The molecule has 1 aromatic carbocycles. The average Bonchev–Trinajstić information content (AvgIpc) is 2.34. The van der Waals surface area contributed by atoms with E-state index in [1.807, 2.05) is 0 Å². The Kier molecular flexibility index (Phi) is 6.35. The molecule has 0 aliphatic rings. The fourth-order valence-corrected chi connectivity index (χ4v) is 1.90. The minimum absolute atomic E-state index is 0.464. The zero-order valence-electron chi connectivity index (χ0n) is 10.9. The predicted molar refractivity (Wildman–Crippen MR) is 71.7 cm³/mol. The molecular formula is C15H22N2. The van der Waals surface area contributed by atoms with E-state index in [4.69, 9.17) is 5.26 Å². The van der Waals surface area contributed by atoms with Gasteiger partial charge in [0.05, 0.1) is 12.6 Å². The number of hydrogen-bond acceptors (Lipinski definition) is 2. The highest BCUT2D eigenvalue weighted by molar-refractivity contribution is 5.14. The topological polar surface area (TPSA) is 27.0 Å². The van der Waals surface area contributed by atoms with Crippen LogP contribution in [0.15, 0.2) is 30.3 Å². The van der Waals surface area contributed by atoms with Crippen LogP contribution < -0.4 is 0 Å². The smallest absolute Gasteiger partial charge is 0.0868 e. The van der Waals surface area contributed by atoms with E-state index < -0.39 is 0 Å². The molecule has 0 unspecified atom stereocenters. The van der Waals surface area contributed by atoms with E-state index >= 15 is 0 Å². The molecule has 0 fully saturated rings. The van der Waals surface area contributed by atoms with Crippen molar-refractivity contribution in [3.8, 4) is 6.07 Å². The molecule has 0 heterocycles. The third-order valence-corrected chi connectivity index (χ3v) is 3.01. The van der Waals surface area contributed by atoms with Crippen LogP contribution in [-0.2, 0) is 6.42 Å². The van der Waals surface area contributed by atoms with Crippen LogP contribution in [0.25, 0.3) is 0 Å². The van der Waals surface area contributed by atoms with Crippen LogP contribution in [0, 0.1) is 11.3 Å². The van der Waals surface area contributed by atoms with Crippen LogP contribution in [0.1, 0.15) is 32.3 Å². The van der Waals surface area contributed by atoms with Gasteiger partial charge in [-0.05, 0) is 45.2 Å². The fraction of sp³-hybridized carbons (Fsp3) is 0.533. The maximum absolute atomic E-state index is 8.73. The van der Waals surface area contributed by atoms with E-state index in [1.165, 1.54) is 12.0 Å². The van der Waals surface area contributed by atoms with Crippen molar-refractivity contribution < 1.29 is 0 Å². The molecule has 0 aliphatic carbocycles. The second-order valence-corrected chi connectivity index (χ2v) is 4.67. The molecule has 0 atom stereocenters. The Labute approximate surface area is 105 Å². The minimum Gasteiger partial charge on any atom is -0.288 e. The van der Waals surface area contributed by atoms with Gasteiger partial charge in [0.15, 0.2) is 0 Å². The standard InChI is InChI=1S/C15H22N2/c1-14(2)17(13-11-16)12-7-6-10-15-8-4-3-5-9-15/h3-5,8-9,14H,6-7,10,12-13H2,1-2H3. The van der Waals surface area contributed by atoms with Crippen molar-refractivity contribution in [1.29, 1.82) is 5.26 Å². The van der Waals surface area contributed by atoms with Crippen LogP contribution >= 0.6 is 0 Å². The summed E-state index contributed by atoms with van der Waals surface area (Å²) in [5.74, 6) is 0. The summed E-state index contributed by atoms with van der Waals surface area (Å²) < 4.78 is 0. The Hall–Kier alpha value is -1.33. The SMILES string of the molecule is CC(C)N(CC#N)CCCCc1ccccc1. The normalized spacial score (nSPS) is 10.8. The highest BCUT2D eigenvalue weighted by Crippen LogP contribution is 2.06. The van der Waals surface area contributed by atoms with Crippen LogP contribution in [0.2, 0.25) is 0 Å². The summed E-state index contributed by atoms with van der Waals surface area (Å²) in [6, 6.07) is 13.3. The molecule has 0 saturated carbocycles. The minimum atomic E-state index is 0.464. The van der Waals surface area contributed by atoms with Crippen molar-refractivity contribution in [3.05, 3.63) is 35.9 Å². The van der Waals surface area contributed by atoms with Crippen LogP contribution in [0.4, 0.5) is 0 Å². The lowest BCUT2D eigenvalue weighted by molar-refractivity contribution is 0.244. The van der Waals surface area contributed by atoms with Crippen LogP contribution in [0.5, 0.6) is 0 Å². The number of unbranched alkanes of at least 4 members (excludes halogenated alkanes) is 1. The van der Waals surface area contributed by atoms with E-state index in [-0.39, 0.29) is 0 Å².